The molecule has 5 heteroatoms. The lowest BCUT2D eigenvalue weighted by atomic mass is 9.95. The van der Waals surface area contributed by atoms with Gasteiger partial charge >= 0.3 is 0 Å². The molecule has 0 bridgehead atoms. The molecule has 278 valence electrons. The zero-order valence-corrected chi connectivity index (χ0v) is 33.6. The van der Waals surface area contributed by atoms with Crippen molar-refractivity contribution in [3.05, 3.63) is 124 Å². The van der Waals surface area contributed by atoms with Gasteiger partial charge in [-0.25, -0.2) is 15.0 Å². The number of hydrogen-bond donors (Lipinski definition) is 0. The van der Waals surface area contributed by atoms with Crippen LogP contribution >= 0.6 is 0 Å². The maximum Gasteiger partial charge on any atom is 0.182 e. The second kappa shape index (κ2) is 18.3. The number of aryl methyl sites for hydroxylation is 7. The van der Waals surface area contributed by atoms with E-state index in [0.717, 1.165) is 23.1 Å². The first-order valence-electron chi connectivity index (χ1n) is 20.1. The standard InChI is InChI=1S/C49H57N5/c1-8-9-10-11-12-13-14-15-16-17-18-39-19-21-40(22-20-39)47-52-48(43-25-23-41(31-50-43)45-35(4)27-33(2)28-36(45)5)54-49(53-47)44-26-24-42(32-51-44)46-37(6)29-34(3)30-38(46)7/h19-32H,8-18H2,1-7H3. The van der Waals surface area contributed by atoms with Gasteiger partial charge in [0, 0.05) is 29.1 Å². The van der Waals surface area contributed by atoms with Gasteiger partial charge in [0.05, 0.1) is 0 Å². The average molecular weight is 716 g/mol. The molecule has 5 nitrogen and oxygen atoms in total. The van der Waals surface area contributed by atoms with Crippen LogP contribution in [0.3, 0.4) is 0 Å². The Kier molecular flexibility index (Phi) is 13.1. The van der Waals surface area contributed by atoms with Gasteiger partial charge < -0.3 is 0 Å². The summed E-state index contributed by atoms with van der Waals surface area (Å²) in [7, 11) is 0. The molecule has 6 rings (SSSR count). The molecule has 0 aliphatic carbocycles. The summed E-state index contributed by atoms with van der Waals surface area (Å²) < 4.78 is 0. The summed E-state index contributed by atoms with van der Waals surface area (Å²) in [5, 5.41) is 0. The molecule has 0 atom stereocenters. The van der Waals surface area contributed by atoms with E-state index in [4.69, 9.17) is 24.9 Å². The molecule has 0 fully saturated rings. The van der Waals surface area contributed by atoms with E-state index in [0.29, 0.717) is 28.9 Å². The van der Waals surface area contributed by atoms with Crippen molar-refractivity contribution in [2.75, 3.05) is 0 Å². The van der Waals surface area contributed by atoms with E-state index in [1.807, 2.05) is 24.5 Å². The van der Waals surface area contributed by atoms with Crippen LogP contribution in [0.1, 0.15) is 110 Å². The van der Waals surface area contributed by atoms with Gasteiger partial charge in [-0.15, -0.1) is 0 Å². The molecule has 0 spiro atoms. The first kappa shape index (κ1) is 38.7. The van der Waals surface area contributed by atoms with E-state index >= 15 is 0 Å². The molecule has 0 aliphatic heterocycles. The van der Waals surface area contributed by atoms with Gasteiger partial charge in [0.1, 0.15) is 11.4 Å². The van der Waals surface area contributed by atoms with Crippen molar-refractivity contribution >= 4 is 0 Å². The maximum absolute atomic E-state index is 4.99. The van der Waals surface area contributed by atoms with Gasteiger partial charge in [-0.05, 0) is 105 Å². The molecule has 6 aromatic rings. The second-order valence-corrected chi connectivity index (χ2v) is 15.3. The number of benzene rings is 3. The molecule has 0 radical (unpaired) electrons. The molecule has 0 saturated carbocycles. The minimum atomic E-state index is 0.532. The fraction of sp³-hybridized carbons (Fsp3) is 0.367. The summed E-state index contributed by atoms with van der Waals surface area (Å²) in [5.41, 5.74) is 15.8. The molecule has 3 heterocycles. The average Bonchev–Trinajstić information content (AvgIpc) is 3.15. The molecular weight excluding hydrogens is 659 g/mol. The van der Waals surface area contributed by atoms with E-state index in [2.05, 4.69) is 109 Å². The Labute approximate surface area is 323 Å². The molecular formula is C49H57N5. The van der Waals surface area contributed by atoms with Gasteiger partial charge in [-0.1, -0.05) is 137 Å². The summed E-state index contributed by atoms with van der Waals surface area (Å²) in [5.74, 6) is 1.68. The SMILES string of the molecule is CCCCCCCCCCCCc1ccc(-c2nc(-c3ccc(-c4c(C)cc(C)cc4C)cn3)nc(-c3ccc(-c4c(C)cc(C)cc4C)cn3)n2)cc1. The summed E-state index contributed by atoms with van der Waals surface area (Å²) in [6.45, 7) is 15.2. The van der Waals surface area contributed by atoms with Gasteiger partial charge in [0.25, 0.3) is 0 Å². The quantitative estimate of drug-likeness (QED) is 0.0933. The molecule has 3 aromatic heterocycles. The van der Waals surface area contributed by atoms with Gasteiger partial charge in [0.15, 0.2) is 17.5 Å². The lowest BCUT2D eigenvalue weighted by Crippen LogP contribution is -2.02. The van der Waals surface area contributed by atoms with Crippen LogP contribution in [0.15, 0.2) is 85.2 Å². The van der Waals surface area contributed by atoms with Crippen molar-refractivity contribution in [2.45, 2.75) is 119 Å². The van der Waals surface area contributed by atoms with Crippen molar-refractivity contribution in [1.29, 1.82) is 0 Å². The highest BCUT2D eigenvalue weighted by molar-refractivity contribution is 5.74. The third-order valence-electron chi connectivity index (χ3n) is 10.6. The Hall–Kier alpha value is -5.03. The first-order chi connectivity index (χ1) is 26.2. The Bertz CT molecular complexity index is 1980. The number of nitrogens with zero attached hydrogens (tertiary/aromatic N) is 5. The molecule has 0 saturated heterocycles. The predicted octanol–water partition coefficient (Wildman–Crippen LogP) is 13.3. The van der Waals surface area contributed by atoms with Crippen LogP contribution in [0.25, 0.3) is 56.7 Å². The highest BCUT2D eigenvalue weighted by Crippen LogP contribution is 2.32. The fourth-order valence-corrected chi connectivity index (χ4v) is 7.99. The van der Waals surface area contributed by atoms with Gasteiger partial charge in [-0.3, -0.25) is 9.97 Å². The topological polar surface area (TPSA) is 64.5 Å². The third-order valence-corrected chi connectivity index (χ3v) is 10.6. The fourth-order valence-electron chi connectivity index (χ4n) is 7.99. The van der Waals surface area contributed by atoms with Crippen LogP contribution in [-0.4, -0.2) is 24.9 Å². The van der Waals surface area contributed by atoms with Gasteiger partial charge in [-0.2, -0.15) is 0 Å². The monoisotopic (exact) mass is 715 g/mol. The maximum atomic E-state index is 4.99. The lowest BCUT2D eigenvalue weighted by Gasteiger charge is -2.13. The summed E-state index contributed by atoms with van der Waals surface area (Å²) in [6.07, 6.45) is 18.5. The normalized spacial score (nSPS) is 11.3. The van der Waals surface area contributed by atoms with E-state index in [1.165, 1.54) is 114 Å². The third kappa shape index (κ3) is 9.74. The predicted molar refractivity (Wildman–Crippen MR) is 227 cm³/mol. The molecule has 0 aliphatic rings. The van der Waals surface area contributed by atoms with Crippen LogP contribution in [0, 0.1) is 41.5 Å². The second-order valence-electron chi connectivity index (χ2n) is 15.3. The highest BCUT2D eigenvalue weighted by atomic mass is 15.1. The first-order valence-corrected chi connectivity index (χ1v) is 20.1. The van der Waals surface area contributed by atoms with E-state index in [1.54, 1.807) is 0 Å². The Morgan fingerprint density at radius 3 is 1.20 bits per heavy atom. The largest absolute Gasteiger partial charge is 0.252 e. The Morgan fingerprint density at radius 2 is 0.796 bits per heavy atom. The van der Waals surface area contributed by atoms with Crippen LogP contribution in [0.4, 0.5) is 0 Å². The summed E-state index contributed by atoms with van der Waals surface area (Å²) in [4.78, 5) is 24.7. The number of rotatable bonds is 16. The molecule has 0 amide bonds. The molecule has 3 aromatic carbocycles. The van der Waals surface area contributed by atoms with Crippen molar-refractivity contribution in [3.8, 4) is 56.7 Å². The highest BCUT2D eigenvalue weighted by Gasteiger charge is 2.16. The van der Waals surface area contributed by atoms with Gasteiger partial charge in [0.2, 0.25) is 0 Å². The van der Waals surface area contributed by atoms with Crippen LogP contribution in [0.2, 0.25) is 0 Å². The molecule has 54 heavy (non-hydrogen) atoms. The van der Waals surface area contributed by atoms with Crippen molar-refractivity contribution < 1.29 is 0 Å². The smallest absolute Gasteiger partial charge is 0.182 e. The number of hydrogen-bond acceptors (Lipinski definition) is 5. The lowest BCUT2D eigenvalue weighted by molar-refractivity contribution is 0.556. The van der Waals surface area contributed by atoms with Crippen molar-refractivity contribution in [3.63, 3.8) is 0 Å². The minimum absolute atomic E-state index is 0.532. The van der Waals surface area contributed by atoms with Crippen LogP contribution in [0.5, 0.6) is 0 Å². The number of aromatic nitrogens is 5. The zero-order valence-electron chi connectivity index (χ0n) is 33.6. The summed E-state index contributed by atoms with van der Waals surface area (Å²) in [6, 6.07) is 25.9. The number of unbranched alkanes of at least 4 members (excludes halogenated alkanes) is 9. The van der Waals surface area contributed by atoms with Crippen LogP contribution in [-0.2, 0) is 6.42 Å². The van der Waals surface area contributed by atoms with Crippen molar-refractivity contribution in [2.24, 2.45) is 0 Å². The zero-order chi connectivity index (χ0) is 38.0. The van der Waals surface area contributed by atoms with E-state index < -0.39 is 0 Å². The minimum Gasteiger partial charge on any atom is -0.252 e. The Morgan fingerprint density at radius 1 is 0.407 bits per heavy atom. The Balaban J connectivity index is 1.24. The van der Waals surface area contributed by atoms with Crippen LogP contribution < -0.4 is 0 Å². The van der Waals surface area contributed by atoms with E-state index in [-0.39, 0.29) is 0 Å². The number of pyridine rings is 2. The summed E-state index contributed by atoms with van der Waals surface area (Å²) >= 11 is 0. The van der Waals surface area contributed by atoms with Crippen molar-refractivity contribution in [1.82, 2.24) is 24.9 Å². The molecule has 0 N–H and O–H groups in total. The van der Waals surface area contributed by atoms with E-state index in [9.17, 15) is 0 Å². The molecule has 0 unspecified atom stereocenters.